The number of likely N-dealkylation sites (tertiary alicyclic amines) is 1. The molecule has 0 saturated carbocycles. The number of nitrogen functional groups attached to an aromatic ring is 1. The van der Waals surface area contributed by atoms with Gasteiger partial charge in [-0.25, -0.2) is 4.39 Å². The van der Waals surface area contributed by atoms with E-state index in [4.69, 9.17) is 10.8 Å². The van der Waals surface area contributed by atoms with E-state index < -0.39 is 28.3 Å². The van der Waals surface area contributed by atoms with Crippen molar-refractivity contribution in [1.29, 1.82) is 0 Å². The Hall–Kier alpha value is -2.71. The summed E-state index contributed by atoms with van der Waals surface area (Å²) < 4.78 is 13.6. The number of nitro benzene ring substituents is 1. The third-order valence-corrected chi connectivity index (χ3v) is 4.12. The van der Waals surface area contributed by atoms with Crippen molar-refractivity contribution in [3.05, 3.63) is 33.6 Å². The van der Waals surface area contributed by atoms with Crippen molar-refractivity contribution >= 4 is 23.3 Å². The highest BCUT2D eigenvalue weighted by molar-refractivity contribution is 6.01. The number of nitrogens with zero attached hydrogens (tertiary/aromatic N) is 2. The van der Waals surface area contributed by atoms with Crippen LogP contribution in [-0.2, 0) is 4.79 Å². The Morgan fingerprint density at radius 1 is 1.46 bits per heavy atom. The van der Waals surface area contributed by atoms with Crippen molar-refractivity contribution in [3.8, 4) is 0 Å². The number of aliphatic carboxylic acids is 1. The molecule has 9 heteroatoms. The second kappa shape index (κ2) is 7.24. The molecule has 0 radical (unpaired) electrons. The van der Waals surface area contributed by atoms with Crippen LogP contribution < -0.4 is 5.73 Å². The van der Waals surface area contributed by atoms with E-state index in [0.29, 0.717) is 32.0 Å². The molecule has 1 unspecified atom stereocenters. The zero-order valence-electron chi connectivity index (χ0n) is 12.9. The summed E-state index contributed by atoms with van der Waals surface area (Å²) in [6.07, 6.45) is 1.95. The molecule has 130 valence electrons. The number of anilines is 1. The molecular weight excluding hydrogens is 321 g/mol. The van der Waals surface area contributed by atoms with E-state index in [1.807, 2.05) is 0 Å². The van der Waals surface area contributed by atoms with Crippen LogP contribution in [0.5, 0.6) is 0 Å². The van der Waals surface area contributed by atoms with E-state index in [0.717, 1.165) is 12.5 Å². The number of piperidine rings is 1. The molecule has 1 aliphatic rings. The minimum Gasteiger partial charge on any atom is -0.481 e. The highest BCUT2D eigenvalue weighted by Gasteiger charge is 2.29. The number of hydrogen-bond donors (Lipinski definition) is 2. The van der Waals surface area contributed by atoms with Crippen molar-refractivity contribution in [3.63, 3.8) is 0 Å². The Labute approximate surface area is 137 Å². The molecule has 1 amide bonds. The van der Waals surface area contributed by atoms with Crippen LogP contribution in [0.25, 0.3) is 0 Å². The quantitative estimate of drug-likeness (QED) is 0.480. The van der Waals surface area contributed by atoms with Crippen molar-refractivity contribution in [2.45, 2.75) is 25.7 Å². The minimum atomic E-state index is -0.904. The van der Waals surface area contributed by atoms with Crippen LogP contribution in [0.2, 0.25) is 0 Å². The minimum absolute atomic E-state index is 0.0142. The lowest BCUT2D eigenvalue weighted by Crippen LogP contribution is -2.40. The number of benzene rings is 1. The maximum Gasteiger partial charge on any atom is 0.303 e. The molecule has 2 rings (SSSR count). The predicted molar refractivity (Wildman–Crippen MR) is 83.0 cm³/mol. The molecular formula is C15H18FN3O5. The molecule has 1 heterocycles. The van der Waals surface area contributed by atoms with Gasteiger partial charge < -0.3 is 15.7 Å². The van der Waals surface area contributed by atoms with Gasteiger partial charge in [-0.05, 0) is 31.2 Å². The third-order valence-electron chi connectivity index (χ3n) is 4.12. The first-order chi connectivity index (χ1) is 11.3. The third kappa shape index (κ3) is 3.98. The Bertz CT molecular complexity index is 679. The van der Waals surface area contributed by atoms with Crippen LogP contribution in [0.1, 0.15) is 36.0 Å². The largest absolute Gasteiger partial charge is 0.481 e. The number of nitrogens with two attached hydrogens (primary N) is 1. The monoisotopic (exact) mass is 339 g/mol. The van der Waals surface area contributed by atoms with Gasteiger partial charge in [0.1, 0.15) is 11.5 Å². The number of amides is 1. The predicted octanol–water partition coefficient (Wildman–Crippen LogP) is 2.03. The lowest BCUT2D eigenvalue weighted by atomic mass is 9.93. The Kier molecular flexibility index (Phi) is 5.32. The number of carboxylic acid groups (broad SMARTS) is 1. The van der Waals surface area contributed by atoms with Gasteiger partial charge >= 0.3 is 5.97 Å². The standard InChI is InChI=1S/C15H18FN3O5/c16-10-6-11(14(17)12(7-10)19(23)24)15(22)18-5-1-2-9(8-18)3-4-13(20)21/h6-7,9H,1-5,8,17H2,(H,20,21). The Morgan fingerprint density at radius 2 is 2.17 bits per heavy atom. The van der Waals surface area contributed by atoms with Crippen LogP contribution >= 0.6 is 0 Å². The fraction of sp³-hybridized carbons (Fsp3) is 0.467. The van der Waals surface area contributed by atoms with Gasteiger partial charge in [-0.2, -0.15) is 0 Å². The fourth-order valence-corrected chi connectivity index (χ4v) is 2.91. The summed E-state index contributed by atoms with van der Waals surface area (Å²) in [5.74, 6) is -2.35. The number of rotatable bonds is 5. The smallest absolute Gasteiger partial charge is 0.303 e. The van der Waals surface area contributed by atoms with Gasteiger partial charge in [0.15, 0.2) is 0 Å². The van der Waals surface area contributed by atoms with Gasteiger partial charge in [0.05, 0.1) is 16.6 Å². The average molecular weight is 339 g/mol. The van der Waals surface area contributed by atoms with Crippen molar-refractivity contribution in [2.24, 2.45) is 5.92 Å². The van der Waals surface area contributed by atoms with E-state index in [2.05, 4.69) is 0 Å². The summed E-state index contributed by atoms with van der Waals surface area (Å²) in [7, 11) is 0. The van der Waals surface area contributed by atoms with E-state index >= 15 is 0 Å². The number of hydrogen-bond acceptors (Lipinski definition) is 5. The maximum absolute atomic E-state index is 13.6. The van der Waals surface area contributed by atoms with Crippen LogP contribution in [0, 0.1) is 21.8 Å². The highest BCUT2D eigenvalue weighted by atomic mass is 19.1. The van der Waals surface area contributed by atoms with Crippen LogP contribution in [0.3, 0.4) is 0 Å². The average Bonchev–Trinajstić information content (AvgIpc) is 2.54. The Morgan fingerprint density at radius 3 is 2.79 bits per heavy atom. The topological polar surface area (TPSA) is 127 Å². The van der Waals surface area contributed by atoms with Gasteiger partial charge in [0.25, 0.3) is 11.6 Å². The van der Waals surface area contributed by atoms with Gasteiger partial charge in [-0.3, -0.25) is 19.7 Å². The first kappa shape index (κ1) is 17.6. The number of carbonyl (C=O) groups excluding carboxylic acids is 1. The Balaban J connectivity index is 2.19. The SMILES string of the molecule is Nc1c(C(=O)N2CCCC(CCC(=O)O)C2)cc(F)cc1[N+](=O)[O-]. The van der Waals surface area contributed by atoms with Gasteiger partial charge in [-0.15, -0.1) is 0 Å². The molecule has 1 fully saturated rings. The molecule has 0 spiro atoms. The van der Waals surface area contributed by atoms with Gasteiger partial charge in [0, 0.05) is 19.5 Å². The number of halogens is 1. The van der Waals surface area contributed by atoms with E-state index in [-0.39, 0.29) is 23.6 Å². The van der Waals surface area contributed by atoms with Gasteiger partial charge in [0.2, 0.25) is 0 Å². The number of nitro groups is 1. The van der Waals surface area contributed by atoms with Crippen LogP contribution in [-0.4, -0.2) is 39.9 Å². The molecule has 0 aromatic heterocycles. The lowest BCUT2D eigenvalue weighted by Gasteiger charge is -2.33. The first-order valence-corrected chi connectivity index (χ1v) is 7.54. The lowest BCUT2D eigenvalue weighted by molar-refractivity contribution is -0.384. The normalized spacial score (nSPS) is 17.5. The molecule has 1 saturated heterocycles. The number of carbonyl (C=O) groups is 2. The molecule has 1 atom stereocenters. The molecule has 24 heavy (non-hydrogen) atoms. The van der Waals surface area contributed by atoms with Gasteiger partial charge in [-0.1, -0.05) is 0 Å². The van der Waals surface area contributed by atoms with Crippen LogP contribution in [0.4, 0.5) is 15.8 Å². The van der Waals surface area contributed by atoms with E-state index in [1.165, 1.54) is 4.90 Å². The first-order valence-electron chi connectivity index (χ1n) is 7.54. The zero-order chi connectivity index (χ0) is 17.9. The van der Waals surface area contributed by atoms with E-state index in [1.54, 1.807) is 0 Å². The number of carboxylic acids is 1. The molecule has 8 nitrogen and oxygen atoms in total. The van der Waals surface area contributed by atoms with Crippen molar-refractivity contribution < 1.29 is 24.0 Å². The second-order valence-electron chi connectivity index (χ2n) is 5.84. The summed E-state index contributed by atoms with van der Waals surface area (Å²) in [6, 6.07) is 1.57. The second-order valence-corrected chi connectivity index (χ2v) is 5.84. The molecule has 0 aliphatic carbocycles. The summed E-state index contributed by atoms with van der Waals surface area (Å²) in [4.78, 5) is 34.8. The molecule has 1 aromatic carbocycles. The summed E-state index contributed by atoms with van der Waals surface area (Å²) >= 11 is 0. The molecule has 1 aliphatic heterocycles. The molecule has 0 bridgehead atoms. The van der Waals surface area contributed by atoms with E-state index in [9.17, 15) is 24.1 Å². The van der Waals surface area contributed by atoms with Crippen molar-refractivity contribution in [1.82, 2.24) is 4.90 Å². The highest BCUT2D eigenvalue weighted by Crippen LogP contribution is 2.29. The summed E-state index contributed by atoms with van der Waals surface area (Å²) in [5.41, 5.74) is 4.42. The summed E-state index contributed by atoms with van der Waals surface area (Å²) in [5, 5.41) is 19.6. The molecule has 3 N–H and O–H groups in total. The fourth-order valence-electron chi connectivity index (χ4n) is 2.91. The van der Waals surface area contributed by atoms with Crippen molar-refractivity contribution in [2.75, 3.05) is 18.8 Å². The maximum atomic E-state index is 13.6. The zero-order valence-corrected chi connectivity index (χ0v) is 12.9. The summed E-state index contributed by atoms with van der Waals surface area (Å²) in [6.45, 7) is 0.752. The molecule has 1 aromatic rings. The van der Waals surface area contributed by atoms with Crippen LogP contribution in [0.15, 0.2) is 12.1 Å².